The average Bonchev–Trinajstić information content (AvgIpc) is 1.80. The summed E-state index contributed by atoms with van der Waals surface area (Å²) in [6.45, 7) is -0.963. The number of alkyl halides is 4. The van der Waals surface area contributed by atoms with Crippen molar-refractivity contribution in [1.29, 1.82) is 0 Å². The molecule has 0 saturated carbocycles. The van der Waals surface area contributed by atoms with Gasteiger partial charge < -0.3 is 5.11 Å². The van der Waals surface area contributed by atoms with E-state index in [1.165, 1.54) is 0 Å². The molecular weight excluding hydrogens is 213 g/mol. The van der Waals surface area contributed by atoms with Crippen LogP contribution in [0.15, 0.2) is 11.6 Å². The number of allylic oxidation sites excluding steroid dienone is 1. The topological polar surface area (TPSA) is 20.2 Å². The predicted molar refractivity (Wildman–Crippen MR) is 35.0 cm³/mol. The third kappa shape index (κ3) is 3.22. The monoisotopic (exact) mass is 218 g/mol. The number of hydrogen-bond donors (Lipinski definition) is 1. The summed E-state index contributed by atoms with van der Waals surface area (Å²) in [7, 11) is 0. The number of hydrogen-bond acceptors (Lipinski definition) is 1. The molecule has 0 aromatic rings. The van der Waals surface area contributed by atoms with Crippen LogP contribution in [0.2, 0.25) is 0 Å². The molecule has 1 nitrogen and oxygen atoms in total. The van der Waals surface area contributed by atoms with Gasteiger partial charge in [-0.15, -0.1) is 0 Å². The minimum atomic E-state index is -4.40. The molecule has 0 rings (SSSR count). The Kier molecular flexibility index (Phi) is 3.96. The van der Waals surface area contributed by atoms with Crippen LogP contribution in [-0.4, -0.2) is 23.2 Å². The molecule has 0 saturated heterocycles. The maximum Gasteiger partial charge on any atom is 0.414 e. The second-order valence-corrected chi connectivity index (χ2v) is 2.19. The summed E-state index contributed by atoms with van der Waals surface area (Å²) >= 11 is 2.80. The lowest BCUT2D eigenvalue weighted by molar-refractivity contribution is -0.0976. The van der Waals surface area contributed by atoms with E-state index in [-0.39, 0.29) is 5.33 Å². The van der Waals surface area contributed by atoms with Crippen molar-refractivity contribution < 1.29 is 18.3 Å². The lowest BCUT2D eigenvalue weighted by atomic mass is 10.3. The first-order valence-electron chi connectivity index (χ1n) is 2.45. The zero-order valence-electron chi connectivity index (χ0n) is 4.95. The molecule has 0 radical (unpaired) electrons. The van der Waals surface area contributed by atoms with Crippen LogP contribution in [0, 0.1) is 0 Å². The highest BCUT2D eigenvalue weighted by atomic mass is 79.9. The van der Waals surface area contributed by atoms with Gasteiger partial charge in [0.1, 0.15) is 0 Å². The van der Waals surface area contributed by atoms with Gasteiger partial charge in [-0.05, 0) is 0 Å². The smallest absolute Gasteiger partial charge is 0.392 e. The molecule has 5 heteroatoms. The van der Waals surface area contributed by atoms with Crippen molar-refractivity contribution in [3.8, 4) is 0 Å². The molecule has 0 heterocycles. The molecule has 0 bridgehead atoms. The summed E-state index contributed by atoms with van der Waals surface area (Å²) in [5, 5.41) is 8.28. The number of halogens is 4. The Hall–Kier alpha value is -0.0300. The minimum absolute atomic E-state index is 0.0996. The van der Waals surface area contributed by atoms with Crippen molar-refractivity contribution in [3.05, 3.63) is 11.6 Å². The lowest BCUT2D eigenvalue weighted by Gasteiger charge is -2.07. The minimum Gasteiger partial charge on any atom is -0.392 e. The van der Waals surface area contributed by atoms with Crippen molar-refractivity contribution in [1.82, 2.24) is 0 Å². The van der Waals surface area contributed by atoms with E-state index < -0.39 is 18.4 Å². The molecular formula is C5H6BrF3O. The Labute approximate surface area is 64.7 Å². The highest BCUT2D eigenvalue weighted by Gasteiger charge is 2.32. The molecule has 0 aliphatic rings. The summed E-state index contributed by atoms with van der Waals surface area (Å²) in [5.74, 6) is 0. The van der Waals surface area contributed by atoms with Crippen molar-refractivity contribution in [3.63, 3.8) is 0 Å². The van der Waals surface area contributed by atoms with Crippen molar-refractivity contribution >= 4 is 15.9 Å². The van der Waals surface area contributed by atoms with Gasteiger partial charge in [0, 0.05) is 5.33 Å². The van der Waals surface area contributed by atoms with E-state index in [9.17, 15) is 13.2 Å². The molecule has 0 atom stereocenters. The van der Waals surface area contributed by atoms with Gasteiger partial charge in [-0.25, -0.2) is 0 Å². The van der Waals surface area contributed by atoms with Gasteiger partial charge in [0.2, 0.25) is 0 Å². The Balaban J connectivity index is 4.21. The zero-order valence-corrected chi connectivity index (χ0v) is 6.54. The van der Waals surface area contributed by atoms with Gasteiger partial charge in [0.15, 0.2) is 0 Å². The van der Waals surface area contributed by atoms with Gasteiger partial charge in [-0.1, -0.05) is 22.0 Å². The zero-order chi connectivity index (χ0) is 8.20. The maximum atomic E-state index is 11.7. The third-order valence-electron chi connectivity index (χ3n) is 0.858. The summed E-state index contributed by atoms with van der Waals surface area (Å²) in [6, 6.07) is 0. The molecule has 0 amide bonds. The van der Waals surface area contributed by atoms with Gasteiger partial charge >= 0.3 is 6.18 Å². The van der Waals surface area contributed by atoms with E-state index in [1.807, 2.05) is 0 Å². The molecule has 1 N–H and O–H groups in total. The van der Waals surface area contributed by atoms with E-state index in [0.29, 0.717) is 0 Å². The highest BCUT2D eigenvalue weighted by molar-refractivity contribution is 9.09. The van der Waals surface area contributed by atoms with Gasteiger partial charge in [-0.2, -0.15) is 13.2 Å². The van der Waals surface area contributed by atoms with Crippen LogP contribution in [0.1, 0.15) is 0 Å². The molecule has 0 aromatic heterocycles. The third-order valence-corrected chi connectivity index (χ3v) is 1.18. The van der Waals surface area contributed by atoms with Crippen LogP contribution in [-0.2, 0) is 0 Å². The molecule has 0 aliphatic heterocycles. The molecule has 10 heavy (non-hydrogen) atoms. The Morgan fingerprint density at radius 1 is 1.50 bits per heavy atom. The Morgan fingerprint density at radius 3 is 2.10 bits per heavy atom. The van der Waals surface area contributed by atoms with Crippen molar-refractivity contribution in [2.24, 2.45) is 0 Å². The SMILES string of the molecule is OCC(=CCBr)C(F)(F)F. The molecule has 0 spiro atoms. The predicted octanol–water partition coefficient (Wildman–Crippen LogP) is 1.86. The van der Waals surface area contributed by atoms with Crippen LogP contribution in [0.3, 0.4) is 0 Å². The van der Waals surface area contributed by atoms with E-state index >= 15 is 0 Å². The van der Waals surface area contributed by atoms with E-state index in [2.05, 4.69) is 15.9 Å². The second-order valence-electron chi connectivity index (χ2n) is 1.54. The fourth-order valence-corrected chi connectivity index (χ4v) is 0.754. The number of rotatable bonds is 2. The fraction of sp³-hybridized carbons (Fsp3) is 0.600. The van der Waals surface area contributed by atoms with Crippen molar-refractivity contribution in [2.75, 3.05) is 11.9 Å². The van der Waals surface area contributed by atoms with E-state index in [4.69, 9.17) is 5.11 Å². The van der Waals surface area contributed by atoms with Crippen LogP contribution >= 0.6 is 15.9 Å². The van der Waals surface area contributed by atoms with Gasteiger partial charge in [-0.3, -0.25) is 0 Å². The van der Waals surface area contributed by atoms with Crippen LogP contribution in [0.5, 0.6) is 0 Å². The molecule has 0 fully saturated rings. The Morgan fingerprint density at radius 2 is 2.00 bits per heavy atom. The van der Waals surface area contributed by atoms with Crippen LogP contribution in [0.4, 0.5) is 13.2 Å². The average molecular weight is 219 g/mol. The van der Waals surface area contributed by atoms with Crippen molar-refractivity contribution in [2.45, 2.75) is 6.18 Å². The largest absolute Gasteiger partial charge is 0.414 e. The summed E-state index contributed by atoms with van der Waals surface area (Å²) < 4.78 is 35.0. The normalized spacial score (nSPS) is 13.9. The standard InChI is InChI=1S/C5H6BrF3O/c6-2-1-4(3-10)5(7,8)9/h1,10H,2-3H2. The quantitative estimate of drug-likeness (QED) is 0.555. The fourth-order valence-electron chi connectivity index (χ4n) is 0.363. The maximum absolute atomic E-state index is 11.7. The van der Waals surface area contributed by atoms with Gasteiger partial charge in [0.05, 0.1) is 12.2 Å². The first-order chi connectivity index (χ1) is 4.52. The van der Waals surface area contributed by atoms with E-state index in [1.54, 1.807) is 0 Å². The number of aliphatic hydroxyl groups excluding tert-OH is 1. The first kappa shape index (κ1) is 9.97. The van der Waals surface area contributed by atoms with E-state index in [0.717, 1.165) is 6.08 Å². The summed E-state index contributed by atoms with van der Waals surface area (Å²) in [5.41, 5.74) is -0.913. The van der Waals surface area contributed by atoms with Gasteiger partial charge in [0.25, 0.3) is 0 Å². The second kappa shape index (κ2) is 3.98. The highest BCUT2D eigenvalue weighted by Crippen LogP contribution is 2.24. The van der Waals surface area contributed by atoms with Crippen LogP contribution in [0.25, 0.3) is 0 Å². The van der Waals surface area contributed by atoms with Crippen LogP contribution < -0.4 is 0 Å². The summed E-state index contributed by atoms with van der Waals surface area (Å²) in [4.78, 5) is 0. The Bertz CT molecular complexity index is 129. The number of aliphatic hydroxyl groups is 1. The molecule has 60 valence electrons. The molecule has 0 aliphatic carbocycles. The molecule has 0 aromatic carbocycles. The lowest BCUT2D eigenvalue weighted by Crippen LogP contribution is -2.15. The molecule has 0 unspecified atom stereocenters. The summed E-state index contributed by atoms with van der Waals surface area (Å²) in [6.07, 6.45) is -3.51. The first-order valence-corrected chi connectivity index (χ1v) is 3.57.